The van der Waals surface area contributed by atoms with Gasteiger partial charge in [0.1, 0.15) is 22.8 Å². The molecule has 1 amide bonds. The number of Topliss-reactive ketones (excluding diaryl/α,β-unsaturated/α-hetero) is 2. The number of anilines is 2. The molecule has 14 heteroatoms. The molecule has 2 unspecified atom stereocenters. The summed E-state index contributed by atoms with van der Waals surface area (Å²) in [5.74, 6) is -6.99. The van der Waals surface area contributed by atoms with Crippen LogP contribution < -0.4 is 21.7 Å². The maximum Gasteiger partial charge on any atom is 0.255 e. The van der Waals surface area contributed by atoms with Gasteiger partial charge in [-0.1, -0.05) is 0 Å². The van der Waals surface area contributed by atoms with Gasteiger partial charge in [0.25, 0.3) is 5.91 Å². The van der Waals surface area contributed by atoms with Crippen molar-refractivity contribution >= 4 is 40.6 Å². The number of aromatic nitrogens is 1. The summed E-state index contributed by atoms with van der Waals surface area (Å²) in [6.07, 6.45) is 3.34. The van der Waals surface area contributed by atoms with Gasteiger partial charge in [-0.15, -0.1) is 0 Å². The smallest absolute Gasteiger partial charge is 0.255 e. The van der Waals surface area contributed by atoms with Crippen molar-refractivity contribution < 1.29 is 34.8 Å². The highest BCUT2D eigenvalue weighted by molar-refractivity contribution is 6.24. The molecule has 3 aliphatic rings. The van der Waals surface area contributed by atoms with Crippen LogP contribution in [0.1, 0.15) is 23.1 Å². The van der Waals surface area contributed by atoms with Gasteiger partial charge in [-0.2, -0.15) is 0 Å². The molecule has 4 atom stereocenters. The van der Waals surface area contributed by atoms with Gasteiger partial charge >= 0.3 is 0 Å². The third-order valence-corrected chi connectivity index (χ3v) is 8.61. The molecule has 44 heavy (non-hydrogen) atoms. The lowest BCUT2D eigenvalue weighted by Gasteiger charge is -2.50. The fourth-order valence-electron chi connectivity index (χ4n) is 6.66. The van der Waals surface area contributed by atoms with E-state index < -0.39 is 58.0 Å². The van der Waals surface area contributed by atoms with Crippen LogP contribution in [0.3, 0.4) is 0 Å². The van der Waals surface area contributed by atoms with E-state index in [-0.39, 0.29) is 42.2 Å². The molecule has 232 valence electrons. The first-order valence-corrected chi connectivity index (χ1v) is 13.9. The summed E-state index contributed by atoms with van der Waals surface area (Å²) < 4.78 is 0. The van der Waals surface area contributed by atoms with Crippen molar-refractivity contribution in [1.82, 2.24) is 9.88 Å². The summed E-state index contributed by atoms with van der Waals surface area (Å²) in [6.45, 7) is -0.0941. The number of aromatic hydroxyl groups is 1. The van der Waals surface area contributed by atoms with Gasteiger partial charge in [0.05, 0.1) is 30.0 Å². The first-order valence-electron chi connectivity index (χ1n) is 13.9. The maximum absolute atomic E-state index is 14.1. The number of phenolic OH excluding ortho intramolecular Hbond substituents is 1. The number of carbonyl (C=O) groups is 3. The molecule has 0 aliphatic heterocycles. The molecule has 5 rings (SSSR count). The number of primary amides is 1. The zero-order chi connectivity index (χ0) is 32.2. The molecule has 14 nitrogen and oxygen atoms in total. The number of nitrogens with one attached hydrogen (secondary N) is 1. The molecule has 2 aromatic rings. The molecular weight excluding hydrogens is 570 g/mol. The van der Waals surface area contributed by atoms with E-state index in [2.05, 4.69) is 15.3 Å². The number of likely N-dealkylation sites (N-methyl/N-ethyl adjacent to an activating group) is 1. The predicted octanol–water partition coefficient (Wildman–Crippen LogP) is 0.352. The number of phenols is 1. The molecule has 0 saturated heterocycles. The van der Waals surface area contributed by atoms with E-state index in [1.165, 1.54) is 4.90 Å². The first-order chi connectivity index (χ1) is 20.7. The fraction of sp³-hybridized carbons (Fsp3) is 0.367. The second-order valence-electron chi connectivity index (χ2n) is 11.7. The Bertz CT molecular complexity index is 1670. The largest absolute Gasteiger partial charge is 0.508 e. The van der Waals surface area contributed by atoms with E-state index in [4.69, 9.17) is 11.5 Å². The Balaban J connectivity index is 1.63. The van der Waals surface area contributed by atoms with E-state index in [0.717, 1.165) is 0 Å². The summed E-state index contributed by atoms with van der Waals surface area (Å²) in [4.78, 5) is 51.1. The Morgan fingerprint density at radius 2 is 1.89 bits per heavy atom. The topological polar surface area (TPSA) is 228 Å². The van der Waals surface area contributed by atoms with Crippen LogP contribution in [0.5, 0.6) is 5.75 Å². The van der Waals surface area contributed by atoms with Crippen LogP contribution in [0, 0.1) is 11.8 Å². The number of rotatable bonds is 6. The highest BCUT2D eigenvalue weighted by Gasteiger charge is 2.64. The van der Waals surface area contributed by atoms with Crippen LogP contribution in [-0.2, 0) is 27.3 Å². The number of aliphatic hydroxyl groups is 3. The van der Waals surface area contributed by atoms with Crippen molar-refractivity contribution in [3.05, 3.63) is 64.2 Å². The van der Waals surface area contributed by atoms with Gasteiger partial charge in [-0.05, 0) is 56.6 Å². The van der Waals surface area contributed by atoms with Crippen molar-refractivity contribution in [3.63, 3.8) is 0 Å². The minimum Gasteiger partial charge on any atom is -0.508 e. The molecule has 1 saturated carbocycles. The first kappa shape index (κ1) is 30.5. The second kappa shape index (κ2) is 11.0. The zero-order valence-electron chi connectivity index (χ0n) is 24.7. The number of aliphatic imine (C=N–C) groups is 1. The zero-order valence-corrected chi connectivity index (χ0v) is 24.7. The standard InChI is InChI=1S/C30H35N7O7/c1-36(2)18-10-14(11-34-29(32)35-15-6-5-7-33-12-15)23(38)20-16(18)8-13-9-17-22(37(3)4)25(40)21(28(31)43)27(42)30(17,44)26(41)19(13)24(20)39/h5-7,10,12-13,17,22,38-39,42,44H,8-9,11H2,1-4H3,(H2,31,43)(H3,32,34,35)/t13?,17?,22-,30-/m0/s1. The number of nitrogens with zero attached hydrogens (tertiary/aromatic N) is 4. The number of ketones is 2. The number of amides is 1. The Kier molecular flexibility index (Phi) is 7.60. The minimum atomic E-state index is -2.71. The average molecular weight is 606 g/mol. The quantitative estimate of drug-likeness (QED) is 0.134. The molecule has 1 fully saturated rings. The molecule has 0 radical (unpaired) electrons. The second-order valence-corrected chi connectivity index (χ2v) is 11.7. The molecule has 1 aromatic carbocycles. The SMILES string of the molecule is CN(C)c1cc(CN=C(N)Nc2cccnc2)c(O)c2c1CC1CC3[C@H](N(C)C)C(=O)C(C(N)=O)=C(O)[C@@]3(O)C(=O)C1=C2O. The average Bonchev–Trinajstić information content (AvgIpc) is 2.94. The number of aliphatic hydroxyl groups excluding tert-OH is 2. The number of fused-ring (bicyclic) bond motifs is 3. The molecule has 1 heterocycles. The summed E-state index contributed by atoms with van der Waals surface area (Å²) in [6, 6.07) is 4.03. The summed E-state index contributed by atoms with van der Waals surface area (Å²) >= 11 is 0. The lowest BCUT2D eigenvalue weighted by molar-refractivity contribution is -0.153. The number of guanidine groups is 1. The van der Waals surface area contributed by atoms with Gasteiger partial charge < -0.3 is 42.1 Å². The molecule has 0 bridgehead atoms. The van der Waals surface area contributed by atoms with Crippen molar-refractivity contribution in [2.75, 3.05) is 38.4 Å². The Morgan fingerprint density at radius 1 is 1.18 bits per heavy atom. The third kappa shape index (κ3) is 4.62. The number of carbonyl (C=O) groups excluding carboxylic acids is 3. The van der Waals surface area contributed by atoms with Crippen molar-refractivity contribution in [1.29, 1.82) is 0 Å². The lowest BCUT2D eigenvalue weighted by Crippen LogP contribution is -2.65. The lowest BCUT2D eigenvalue weighted by atomic mass is 9.57. The Labute approximate surface area is 253 Å². The van der Waals surface area contributed by atoms with Gasteiger partial charge in [-0.3, -0.25) is 24.3 Å². The molecule has 1 aromatic heterocycles. The summed E-state index contributed by atoms with van der Waals surface area (Å²) in [7, 11) is 6.68. The Hall–Kier alpha value is -4.95. The fourth-order valence-corrected chi connectivity index (χ4v) is 6.66. The van der Waals surface area contributed by atoms with Crippen LogP contribution in [0.4, 0.5) is 11.4 Å². The number of pyridine rings is 1. The van der Waals surface area contributed by atoms with Crippen LogP contribution in [0.25, 0.3) is 5.76 Å². The van der Waals surface area contributed by atoms with Crippen molar-refractivity contribution in [3.8, 4) is 5.75 Å². The van der Waals surface area contributed by atoms with Gasteiger partial charge in [-0.25, -0.2) is 4.99 Å². The van der Waals surface area contributed by atoms with Crippen LogP contribution in [0.2, 0.25) is 0 Å². The monoisotopic (exact) mass is 605 g/mol. The van der Waals surface area contributed by atoms with Crippen LogP contribution >= 0.6 is 0 Å². The van der Waals surface area contributed by atoms with Gasteiger partial charge in [0.2, 0.25) is 5.78 Å². The highest BCUT2D eigenvalue weighted by atomic mass is 16.3. The highest BCUT2D eigenvalue weighted by Crippen LogP contribution is 2.54. The Morgan fingerprint density at radius 3 is 2.48 bits per heavy atom. The van der Waals surface area contributed by atoms with E-state index >= 15 is 0 Å². The summed E-state index contributed by atoms with van der Waals surface area (Å²) in [5, 5.41) is 48.8. The molecule has 0 spiro atoms. The number of benzene rings is 1. The van der Waals surface area contributed by atoms with Crippen LogP contribution in [0.15, 0.2) is 52.5 Å². The third-order valence-electron chi connectivity index (χ3n) is 8.61. The van der Waals surface area contributed by atoms with E-state index in [1.807, 2.05) is 0 Å². The number of nitrogens with two attached hydrogens (primary N) is 2. The number of hydrogen-bond acceptors (Lipinski definition) is 11. The maximum atomic E-state index is 14.1. The molecule has 3 aliphatic carbocycles. The van der Waals surface area contributed by atoms with Crippen molar-refractivity contribution in [2.45, 2.75) is 31.0 Å². The van der Waals surface area contributed by atoms with Gasteiger partial charge in [0, 0.05) is 43.0 Å². The normalized spacial score (nSPS) is 25.0. The van der Waals surface area contributed by atoms with E-state index in [0.29, 0.717) is 22.5 Å². The molecular formula is C30H35N7O7. The van der Waals surface area contributed by atoms with Crippen molar-refractivity contribution in [2.24, 2.45) is 28.3 Å². The number of hydrogen-bond donors (Lipinski definition) is 7. The predicted molar refractivity (Wildman–Crippen MR) is 162 cm³/mol. The molecule has 9 N–H and O–H groups in total. The minimum absolute atomic E-state index is 0.00197. The van der Waals surface area contributed by atoms with E-state index in [9.17, 15) is 34.8 Å². The summed E-state index contributed by atoms with van der Waals surface area (Å²) in [5.41, 5.74) is 9.71. The van der Waals surface area contributed by atoms with Gasteiger partial charge in [0.15, 0.2) is 17.3 Å². The van der Waals surface area contributed by atoms with E-state index in [1.54, 1.807) is 63.7 Å². The van der Waals surface area contributed by atoms with Crippen LogP contribution in [-0.4, -0.2) is 93.6 Å².